The maximum absolute atomic E-state index is 12.4. The molecule has 0 aliphatic carbocycles. The Kier molecular flexibility index (Phi) is 4.89. The van der Waals surface area contributed by atoms with Gasteiger partial charge in [-0.2, -0.15) is 5.10 Å². The smallest absolute Gasteiger partial charge is 0.201 e. The maximum Gasteiger partial charge on any atom is 0.201 e. The number of nitrogens with zero attached hydrogens (tertiary/aromatic N) is 2. The summed E-state index contributed by atoms with van der Waals surface area (Å²) in [6.07, 6.45) is 4.15. The SMILES string of the molecule is CCCn1ncc(Br)c1C(=O)C(C)(N)CCC. The van der Waals surface area contributed by atoms with Crippen molar-refractivity contribution in [2.24, 2.45) is 5.73 Å². The summed E-state index contributed by atoms with van der Waals surface area (Å²) in [5.74, 6) is -0.0443. The van der Waals surface area contributed by atoms with Crippen molar-refractivity contribution < 1.29 is 4.79 Å². The van der Waals surface area contributed by atoms with E-state index in [1.165, 1.54) is 0 Å². The molecule has 96 valence electrons. The summed E-state index contributed by atoms with van der Waals surface area (Å²) in [5.41, 5.74) is 5.86. The van der Waals surface area contributed by atoms with Crippen molar-refractivity contribution in [1.82, 2.24) is 9.78 Å². The normalized spacial score (nSPS) is 14.6. The van der Waals surface area contributed by atoms with Gasteiger partial charge in [-0.3, -0.25) is 9.48 Å². The Hall–Kier alpha value is -0.680. The molecule has 0 radical (unpaired) electrons. The van der Waals surface area contributed by atoms with Crippen LogP contribution in [-0.4, -0.2) is 21.1 Å². The second kappa shape index (κ2) is 5.78. The molecule has 0 spiro atoms. The number of hydrogen-bond donors (Lipinski definition) is 1. The Morgan fingerprint density at radius 2 is 2.18 bits per heavy atom. The van der Waals surface area contributed by atoms with Crippen LogP contribution in [-0.2, 0) is 6.54 Å². The highest BCUT2D eigenvalue weighted by Gasteiger charge is 2.32. The molecule has 1 heterocycles. The number of aryl methyl sites for hydroxylation is 1. The Morgan fingerprint density at radius 1 is 1.53 bits per heavy atom. The van der Waals surface area contributed by atoms with E-state index in [0.29, 0.717) is 12.1 Å². The number of hydrogen-bond acceptors (Lipinski definition) is 3. The van der Waals surface area contributed by atoms with Crippen LogP contribution in [0.25, 0.3) is 0 Å². The Bertz CT molecular complexity index is 398. The second-order valence-corrected chi connectivity index (χ2v) is 5.42. The number of carbonyl (C=O) groups excluding carboxylic acids is 1. The van der Waals surface area contributed by atoms with E-state index < -0.39 is 5.54 Å². The Morgan fingerprint density at radius 3 is 2.71 bits per heavy atom. The lowest BCUT2D eigenvalue weighted by molar-refractivity contribution is 0.0880. The van der Waals surface area contributed by atoms with E-state index in [9.17, 15) is 4.79 Å². The number of rotatable bonds is 6. The quantitative estimate of drug-likeness (QED) is 0.822. The zero-order valence-electron chi connectivity index (χ0n) is 10.7. The molecule has 0 amide bonds. The molecule has 2 N–H and O–H groups in total. The minimum absolute atomic E-state index is 0.0443. The third kappa shape index (κ3) is 3.16. The summed E-state index contributed by atoms with van der Waals surface area (Å²) >= 11 is 3.37. The first-order valence-corrected chi connectivity index (χ1v) is 6.78. The van der Waals surface area contributed by atoms with Crippen LogP contribution in [0.5, 0.6) is 0 Å². The summed E-state index contributed by atoms with van der Waals surface area (Å²) < 4.78 is 2.46. The fourth-order valence-corrected chi connectivity index (χ4v) is 2.35. The Balaban J connectivity index is 3.06. The zero-order valence-corrected chi connectivity index (χ0v) is 12.2. The van der Waals surface area contributed by atoms with Crippen molar-refractivity contribution >= 4 is 21.7 Å². The molecule has 5 heteroatoms. The monoisotopic (exact) mass is 301 g/mol. The standard InChI is InChI=1S/C12H20BrN3O/c1-4-6-12(3,14)11(17)10-9(13)8-15-16(10)7-5-2/h8H,4-7,14H2,1-3H3. The van der Waals surface area contributed by atoms with Crippen LogP contribution in [0.2, 0.25) is 0 Å². The first kappa shape index (κ1) is 14.4. The van der Waals surface area contributed by atoms with Crippen molar-refractivity contribution in [1.29, 1.82) is 0 Å². The van der Waals surface area contributed by atoms with Crippen molar-refractivity contribution in [2.45, 2.75) is 52.1 Å². The molecule has 0 saturated carbocycles. The molecular weight excluding hydrogens is 282 g/mol. The summed E-state index contributed by atoms with van der Waals surface area (Å²) in [6, 6.07) is 0. The van der Waals surface area contributed by atoms with Crippen molar-refractivity contribution in [3.8, 4) is 0 Å². The van der Waals surface area contributed by atoms with Crippen molar-refractivity contribution in [2.75, 3.05) is 0 Å². The van der Waals surface area contributed by atoms with Crippen molar-refractivity contribution in [3.63, 3.8) is 0 Å². The van der Waals surface area contributed by atoms with E-state index in [1.807, 2.05) is 6.92 Å². The molecule has 1 aromatic heterocycles. The van der Waals surface area contributed by atoms with Gasteiger partial charge in [-0.1, -0.05) is 20.3 Å². The average Bonchev–Trinajstić information content (AvgIpc) is 2.59. The van der Waals surface area contributed by atoms with Crippen LogP contribution in [0.4, 0.5) is 0 Å². The van der Waals surface area contributed by atoms with Gasteiger partial charge in [-0.15, -0.1) is 0 Å². The lowest BCUT2D eigenvalue weighted by Crippen LogP contribution is -2.45. The van der Waals surface area contributed by atoms with Gasteiger partial charge in [-0.25, -0.2) is 0 Å². The van der Waals surface area contributed by atoms with Crippen LogP contribution < -0.4 is 5.73 Å². The van der Waals surface area contributed by atoms with E-state index >= 15 is 0 Å². The molecule has 1 rings (SSSR count). The summed E-state index contributed by atoms with van der Waals surface area (Å²) in [4.78, 5) is 12.4. The number of carbonyl (C=O) groups is 1. The molecule has 4 nitrogen and oxygen atoms in total. The van der Waals surface area contributed by atoms with Gasteiger partial charge in [0.1, 0.15) is 5.69 Å². The lowest BCUT2D eigenvalue weighted by atomic mass is 9.90. The maximum atomic E-state index is 12.4. The minimum Gasteiger partial charge on any atom is -0.319 e. The largest absolute Gasteiger partial charge is 0.319 e. The van der Waals surface area contributed by atoms with Gasteiger partial charge in [0.05, 0.1) is 16.2 Å². The van der Waals surface area contributed by atoms with Gasteiger partial charge in [-0.05, 0) is 35.7 Å². The van der Waals surface area contributed by atoms with Crippen LogP contribution in [0.1, 0.15) is 50.5 Å². The van der Waals surface area contributed by atoms with E-state index in [0.717, 1.165) is 23.9 Å². The van der Waals surface area contributed by atoms with Gasteiger partial charge >= 0.3 is 0 Å². The van der Waals surface area contributed by atoms with Gasteiger partial charge in [0.25, 0.3) is 0 Å². The van der Waals surface area contributed by atoms with Crippen molar-refractivity contribution in [3.05, 3.63) is 16.4 Å². The number of Topliss-reactive ketones (excluding diaryl/α,β-unsaturated/α-hetero) is 1. The molecule has 0 aliphatic heterocycles. The minimum atomic E-state index is -0.817. The molecular formula is C12H20BrN3O. The lowest BCUT2D eigenvalue weighted by Gasteiger charge is -2.22. The highest BCUT2D eigenvalue weighted by atomic mass is 79.9. The highest BCUT2D eigenvalue weighted by molar-refractivity contribution is 9.10. The molecule has 1 atom stereocenters. The van der Waals surface area contributed by atoms with E-state index in [4.69, 9.17) is 5.73 Å². The average molecular weight is 302 g/mol. The molecule has 1 unspecified atom stereocenters. The van der Waals surface area contributed by atoms with Crippen LogP contribution >= 0.6 is 15.9 Å². The molecule has 0 fully saturated rings. The van der Waals surface area contributed by atoms with E-state index in [1.54, 1.807) is 17.8 Å². The van der Waals surface area contributed by atoms with E-state index in [-0.39, 0.29) is 5.78 Å². The molecule has 0 aromatic carbocycles. The van der Waals surface area contributed by atoms with E-state index in [2.05, 4.69) is 28.0 Å². The third-order valence-corrected chi connectivity index (χ3v) is 3.31. The fourth-order valence-electron chi connectivity index (χ4n) is 1.87. The van der Waals surface area contributed by atoms with Crippen LogP contribution in [0.15, 0.2) is 10.7 Å². The summed E-state index contributed by atoms with van der Waals surface area (Å²) in [5, 5.41) is 4.19. The molecule has 0 aliphatic rings. The number of ketones is 1. The van der Waals surface area contributed by atoms with Crippen LogP contribution in [0.3, 0.4) is 0 Å². The molecule has 17 heavy (non-hydrogen) atoms. The summed E-state index contributed by atoms with van der Waals surface area (Å²) in [7, 11) is 0. The summed E-state index contributed by atoms with van der Waals surface area (Å²) in [6.45, 7) is 6.59. The predicted octanol–water partition coefficient (Wildman–Crippen LogP) is 2.76. The third-order valence-electron chi connectivity index (χ3n) is 2.73. The molecule has 0 bridgehead atoms. The first-order chi connectivity index (χ1) is 7.94. The van der Waals surface area contributed by atoms with Crippen LogP contribution in [0, 0.1) is 0 Å². The van der Waals surface area contributed by atoms with Gasteiger partial charge < -0.3 is 5.73 Å². The van der Waals surface area contributed by atoms with Gasteiger partial charge in [0, 0.05) is 6.54 Å². The van der Waals surface area contributed by atoms with Gasteiger partial charge in [0.2, 0.25) is 5.78 Å². The number of nitrogens with two attached hydrogens (primary N) is 1. The fraction of sp³-hybridized carbons (Fsp3) is 0.667. The Labute approximate surface area is 111 Å². The topological polar surface area (TPSA) is 60.9 Å². The molecule has 0 saturated heterocycles. The number of aromatic nitrogens is 2. The molecule has 1 aromatic rings. The second-order valence-electron chi connectivity index (χ2n) is 4.56. The predicted molar refractivity (Wildman–Crippen MR) is 72.0 cm³/mol. The highest BCUT2D eigenvalue weighted by Crippen LogP contribution is 2.23. The number of halogens is 1. The first-order valence-electron chi connectivity index (χ1n) is 5.99. The zero-order chi connectivity index (χ0) is 13.1. The van der Waals surface area contributed by atoms with Gasteiger partial charge in [0.15, 0.2) is 0 Å².